The lowest BCUT2D eigenvalue weighted by Crippen LogP contribution is -2.36. The Morgan fingerprint density at radius 2 is 2.12 bits per heavy atom. The molecular weight excluding hydrogens is 422 g/mol. The van der Waals surface area contributed by atoms with Crippen LogP contribution >= 0.6 is 27.5 Å². The molecule has 0 radical (unpaired) electrons. The molecule has 1 amide bonds. The first-order valence-corrected chi connectivity index (χ1v) is 8.97. The summed E-state index contributed by atoms with van der Waals surface area (Å²) >= 11 is 9.42. The molecule has 0 aliphatic carbocycles. The third-order valence-electron chi connectivity index (χ3n) is 3.47. The van der Waals surface area contributed by atoms with Crippen LogP contribution in [0.2, 0.25) is 5.02 Å². The molecule has 0 spiro atoms. The number of amides is 1. The van der Waals surface area contributed by atoms with E-state index in [1.165, 1.54) is 0 Å². The fraction of sp³-hybridized carbons (Fsp3) is 0.167. The van der Waals surface area contributed by atoms with Crippen molar-refractivity contribution >= 4 is 33.4 Å². The average Bonchev–Trinajstić information content (AvgIpc) is 3.10. The van der Waals surface area contributed by atoms with E-state index in [-0.39, 0.29) is 12.5 Å². The Kier molecular flexibility index (Phi) is 5.90. The fourth-order valence-corrected chi connectivity index (χ4v) is 2.74. The van der Waals surface area contributed by atoms with Crippen LogP contribution in [-0.4, -0.2) is 22.2 Å². The molecule has 0 aliphatic rings. The minimum Gasteiger partial charge on any atom is -0.479 e. The van der Waals surface area contributed by atoms with Crippen molar-refractivity contribution in [1.82, 2.24) is 15.5 Å². The summed E-state index contributed by atoms with van der Waals surface area (Å²) in [5, 5.41) is 7.07. The van der Waals surface area contributed by atoms with Crippen molar-refractivity contribution < 1.29 is 14.1 Å². The van der Waals surface area contributed by atoms with E-state index >= 15 is 0 Å². The van der Waals surface area contributed by atoms with Gasteiger partial charge in [-0.15, -0.1) is 0 Å². The largest absolute Gasteiger partial charge is 0.479 e. The van der Waals surface area contributed by atoms with Gasteiger partial charge >= 0.3 is 0 Å². The molecule has 0 fully saturated rings. The number of hydrogen-bond donors (Lipinski definition) is 1. The number of nitrogens with zero attached hydrogens (tertiary/aromatic N) is 2. The number of nitrogens with one attached hydrogen (secondary N) is 1. The Hall–Kier alpha value is -2.38. The van der Waals surface area contributed by atoms with Crippen molar-refractivity contribution in [3.63, 3.8) is 0 Å². The first-order valence-electron chi connectivity index (χ1n) is 7.80. The number of aromatic nitrogens is 2. The quantitative estimate of drug-likeness (QED) is 0.625. The van der Waals surface area contributed by atoms with Crippen LogP contribution in [0.5, 0.6) is 5.75 Å². The molecule has 1 atom stereocenters. The molecule has 26 heavy (non-hydrogen) atoms. The van der Waals surface area contributed by atoms with Gasteiger partial charge in [0.1, 0.15) is 5.75 Å². The normalized spacial score (nSPS) is 11.8. The van der Waals surface area contributed by atoms with Crippen molar-refractivity contribution in [3.05, 3.63) is 63.9 Å². The van der Waals surface area contributed by atoms with Crippen LogP contribution in [0.25, 0.3) is 11.4 Å². The molecule has 1 N–H and O–H groups in total. The number of benzene rings is 2. The predicted octanol–water partition coefficient (Wildman–Crippen LogP) is 4.24. The predicted molar refractivity (Wildman–Crippen MR) is 101 cm³/mol. The monoisotopic (exact) mass is 435 g/mol. The molecule has 0 bridgehead atoms. The van der Waals surface area contributed by atoms with E-state index in [1.54, 1.807) is 31.2 Å². The molecule has 0 saturated carbocycles. The third kappa shape index (κ3) is 4.62. The Morgan fingerprint density at radius 1 is 1.31 bits per heavy atom. The summed E-state index contributed by atoms with van der Waals surface area (Å²) in [7, 11) is 0. The number of rotatable bonds is 6. The van der Waals surface area contributed by atoms with Crippen LogP contribution in [0.1, 0.15) is 12.8 Å². The van der Waals surface area contributed by atoms with E-state index in [2.05, 4.69) is 31.4 Å². The number of para-hydroxylation sites is 1. The number of halogens is 2. The van der Waals surface area contributed by atoms with Crippen molar-refractivity contribution in [2.24, 2.45) is 0 Å². The highest BCUT2D eigenvalue weighted by atomic mass is 79.9. The van der Waals surface area contributed by atoms with Crippen LogP contribution in [0.3, 0.4) is 0 Å². The Balaban J connectivity index is 1.57. The van der Waals surface area contributed by atoms with Crippen LogP contribution in [-0.2, 0) is 11.3 Å². The van der Waals surface area contributed by atoms with Crippen molar-refractivity contribution in [2.45, 2.75) is 19.6 Å². The highest BCUT2D eigenvalue weighted by Crippen LogP contribution is 2.24. The molecule has 1 aromatic heterocycles. The summed E-state index contributed by atoms with van der Waals surface area (Å²) in [6.07, 6.45) is -0.720. The molecule has 3 rings (SSSR count). The van der Waals surface area contributed by atoms with Gasteiger partial charge in [0.25, 0.3) is 5.91 Å². The summed E-state index contributed by atoms with van der Waals surface area (Å²) in [4.78, 5) is 16.5. The first-order chi connectivity index (χ1) is 12.5. The van der Waals surface area contributed by atoms with E-state index < -0.39 is 6.10 Å². The molecule has 1 heterocycles. The zero-order valence-electron chi connectivity index (χ0n) is 13.8. The Morgan fingerprint density at radius 3 is 2.88 bits per heavy atom. The minimum absolute atomic E-state index is 0.107. The average molecular weight is 437 g/mol. The van der Waals surface area contributed by atoms with Gasteiger partial charge in [0.05, 0.1) is 11.6 Å². The van der Waals surface area contributed by atoms with Crippen molar-refractivity contribution in [2.75, 3.05) is 0 Å². The second kappa shape index (κ2) is 8.33. The highest BCUT2D eigenvalue weighted by Gasteiger charge is 2.17. The number of carbonyl (C=O) groups excluding carboxylic acids is 1. The van der Waals surface area contributed by atoms with Crippen LogP contribution < -0.4 is 10.1 Å². The zero-order chi connectivity index (χ0) is 18.5. The molecule has 134 valence electrons. The van der Waals surface area contributed by atoms with Gasteiger partial charge in [-0.05, 0) is 31.2 Å². The Labute approximate surface area is 163 Å². The number of carbonyl (C=O) groups is 1. The van der Waals surface area contributed by atoms with Gasteiger partial charge in [-0.3, -0.25) is 4.79 Å². The summed E-state index contributed by atoms with van der Waals surface area (Å²) in [6, 6.07) is 14.5. The van der Waals surface area contributed by atoms with Gasteiger partial charge in [0.15, 0.2) is 6.10 Å². The molecule has 0 unspecified atom stereocenters. The van der Waals surface area contributed by atoms with E-state index in [0.717, 1.165) is 10.0 Å². The molecule has 2 aromatic carbocycles. The Bertz CT molecular complexity index is 916. The van der Waals surface area contributed by atoms with E-state index in [0.29, 0.717) is 22.5 Å². The molecule has 6 nitrogen and oxygen atoms in total. The fourth-order valence-electron chi connectivity index (χ4n) is 2.16. The topological polar surface area (TPSA) is 77.2 Å². The SMILES string of the molecule is C[C@@H](Oc1ccccc1Cl)C(=O)NCc1nc(-c2cccc(Br)c2)no1. The van der Waals surface area contributed by atoms with Gasteiger partial charge in [0, 0.05) is 10.0 Å². The van der Waals surface area contributed by atoms with Crippen molar-refractivity contribution in [1.29, 1.82) is 0 Å². The maximum Gasteiger partial charge on any atom is 0.261 e. The lowest BCUT2D eigenvalue weighted by molar-refractivity contribution is -0.127. The molecule has 0 saturated heterocycles. The molecule has 3 aromatic rings. The summed E-state index contributed by atoms with van der Waals surface area (Å²) < 4.78 is 11.7. The van der Waals surface area contributed by atoms with Gasteiger partial charge in [0.2, 0.25) is 11.7 Å². The summed E-state index contributed by atoms with van der Waals surface area (Å²) in [5.74, 6) is 0.896. The minimum atomic E-state index is -0.720. The van der Waals surface area contributed by atoms with Gasteiger partial charge in [-0.25, -0.2) is 0 Å². The molecule has 8 heteroatoms. The lowest BCUT2D eigenvalue weighted by atomic mass is 10.2. The number of ether oxygens (including phenoxy) is 1. The summed E-state index contributed by atoms with van der Waals surface area (Å²) in [6.45, 7) is 1.75. The van der Waals surface area contributed by atoms with Crippen LogP contribution in [0.15, 0.2) is 57.5 Å². The standard InChI is InChI=1S/C18H15BrClN3O3/c1-11(25-15-8-3-2-7-14(15)20)18(24)21-10-16-22-17(23-26-16)12-5-4-6-13(19)9-12/h2-9,11H,10H2,1H3,(H,21,24)/t11-/m1/s1. The molecule has 0 aliphatic heterocycles. The van der Waals surface area contributed by atoms with Crippen molar-refractivity contribution in [3.8, 4) is 17.1 Å². The van der Waals surface area contributed by atoms with Gasteiger partial charge in [-0.1, -0.05) is 57.0 Å². The van der Waals surface area contributed by atoms with Gasteiger partial charge in [-0.2, -0.15) is 4.98 Å². The maximum atomic E-state index is 12.2. The van der Waals surface area contributed by atoms with Crippen LogP contribution in [0, 0.1) is 0 Å². The van der Waals surface area contributed by atoms with E-state index in [4.69, 9.17) is 20.9 Å². The van der Waals surface area contributed by atoms with Crippen LogP contribution in [0.4, 0.5) is 0 Å². The molecular formula is C18H15BrClN3O3. The first kappa shape index (κ1) is 18.4. The summed E-state index contributed by atoms with van der Waals surface area (Å²) in [5.41, 5.74) is 0.816. The number of hydrogen-bond acceptors (Lipinski definition) is 5. The van der Waals surface area contributed by atoms with E-state index in [1.807, 2.05) is 24.3 Å². The van der Waals surface area contributed by atoms with E-state index in [9.17, 15) is 4.79 Å². The lowest BCUT2D eigenvalue weighted by Gasteiger charge is -2.14. The van der Waals surface area contributed by atoms with Gasteiger partial charge < -0.3 is 14.6 Å². The maximum absolute atomic E-state index is 12.2. The smallest absolute Gasteiger partial charge is 0.261 e. The second-order valence-electron chi connectivity index (χ2n) is 5.43. The zero-order valence-corrected chi connectivity index (χ0v) is 16.1. The second-order valence-corrected chi connectivity index (χ2v) is 6.75. The highest BCUT2D eigenvalue weighted by molar-refractivity contribution is 9.10. The third-order valence-corrected chi connectivity index (χ3v) is 4.28.